The zero-order valence-electron chi connectivity index (χ0n) is 46.5. The van der Waals surface area contributed by atoms with E-state index < -0.39 is 57.8 Å². The SMILES string of the molecule is CC/C=C\C/C=C\C/C=C\C/C=C\C/C=C\CCCCCC(=O)OC(COC(=O)CCCCCCCCC/C=C\C/C=C\C/C=C\CC)COP(=O)(O)OCC(CO)OC(=O)CCCCCCC/C=C\CCCC. The first-order valence-electron chi connectivity index (χ1n) is 28.8. The van der Waals surface area contributed by atoms with Crippen molar-refractivity contribution in [2.24, 2.45) is 0 Å². The van der Waals surface area contributed by atoms with Crippen LogP contribution in [0.1, 0.15) is 226 Å². The summed E-state index contributed by atoms with van der Waals surface area (Å²) in [5.74, 6) is -1.53. The number of aliphatic hydroxyl groups excluding tert-OH is 1. The molecule has 74 heavy (non-hydrogen) atoms. The van der Waals surface area contributed by atoms with Gasteiger partial charge in [-0.3, -0.25) is 23.4 Å². The van der Waals surface area contributed by atoms with E-state index in [9.17, 15) is 28.9 Å². The van der Waals surface area contributed by atoms with Gasteiger partial charge in [-0.2, -0.15) is 0 Å². The van der Waals surface area contributed by atoms with Crippen LogP contribution in [-0.2, 0) is 42.2 Å². The number of rotatable bonds is 52. The third kappa shape index (κ3) is 53.0. The molecule has 0 aromatic rings. The van der Waals surface area contributed by atoms with E-state index in [0.29, 0.717) is 19.3 Å². The highest BCUT2D eigenvalue weighted by atomic mass is 31.2. The molecule has 3 atom stereocenters. The van der Waals surface area contributed by atoms with E-state index in [1.54, 1.807) is 0 Å². The van der Waals surface area contributed by atoms with Gasteiger partial charge in [-0.1, -0.05) is 201 Å². The fourth-order valence-electron chi connectivity index (χ4n) is 7.32. The Hall–Kier alpha value is -3.86. The van der Waals surface area contributed by atoms with Crippen molar-refractivity contribution in [1.82, 2.24) is 0 Å². The summed E-state index contributed by atoms with van der Waals surface area (Å²) in [5.41, 5.74) is 0. The highest BCUT2D eigenvalue weighted by Gasteiger charge is 2.28. The predicted molar refractivity (Wildman–Crippen MR) is 307 cm³/mol. The monoisotopic (exact) mass is 1050 g/mol. The van der Waals surface area contributed by atoms with Crippen LogP contribution in [-0.4, -0.2) is 66.5 Å². The van der Waals surface area contributed by atoms with Gasteiger partial charge < -0.3 is 24.2 Å². The molecule has 0 aliphatic heterocycles. The molecule has 0 saturated heterocycles. The van der Waals surface area contributed by atoms with Crippen molar-refractivity contribution >= 4 is 25.7 Å². The van der Waals surface area contributed by atoms with Crippen LogP contribution in [0.2, 0.25) is 0 Å². The second-order valence-electron chi connectivity index (χ2n) is 18.7. The van der Waals surface area contributed by atoms with Crippen LogP contribution in [0.4, 0.5) is 0 Å². The van der Waals surface area contributed by atoms with Gasteiger partial charge in [-0.05, 0) is 116 Å². The van der Waals surface area contributed by atoms with Crippen LogP contribution >= 0.6 is 7.82 Å². The molecule has 12 heteroatoms. The third-order valence-corrected chi connectivity index (χ3v) is 12.6. The molecule has 0 aromatic heterocycles. The molecular formula is C62H103O11P. The standard InChI is InChI=1S/C62H103O11P/c1-4-7-10-13-16-19-22-24-26-28-29-31-33-35-38-41-44-47-50-53-62(66)73-59(55-69-60(64)51-48-45-42-39-37-34-32-30-27-25-23-20-17-14-11-8-5-2)57-71-74(67,68)70-56-58(54-63)72-61(65)52-49-46-43-40-36-21-18-15-12-9-6-3/h7-8,10-11,15-20,24-27,29,31,35,38,58-59,63H,4-6,9,12-14,21-23,28,30,32-34,36-37,39-57H2,1-3H3,(H,67,68)/b10-7-,11-8-,18-15-,19-16-,20-17-,26-24-,27-25-,31-29-,38-35-. The second-order valence-corrected chi connectivity index (χ2v) is 20.1. The van der Waals surface area contributed by atoms with Gasteiger partial charge in [-0.25, -0.2) is 4.57 Å². The number of hydrogen-bond donors (Lipinski definition) is 2. The maximum Gasteiger partial charge on any atom is 0.472 e. The second kappa shape index (κ2) is 55.4. The van der Waals surface area contributed by atoms with Gasteiger partial charge in [0.1, 0.15) is 12.7 Å². The average molecular weight is 1060 g/mol. The molecule has 2 N–H and O–H groups in total. The lowest BCUT2D eigenvalue weighted by molar-refractivity contribution is -0.161. The molecule has 0 fully saturated rings. The minimum Gasteiger partial charge on any atom is -0.462 e. The maximum atomic E-state index is 12.9. The van der Waals surface area contributed by atoms with Crippen molar-refractivity contribution in [2.75, 3.05) is 26.4 Å². The van der Waals surface area contributed by atoms with Gasteiger partial charge in [0.15, 0.2) is 6.10 Å². The molecule has 0 heterocycles. The number of phosphoric acid groups is 1. The summed E-state index contributed by atoms with van der Waals surface area (Å²) in [5, 5.41) is 9.79. The van der Waals surface area contributed by atoms with Crippen LogP contribution in [0.3, 0.4) is 0 Å². The molecule has 3 unspecified atom stereocenters. The van der Waals surface area contributed by atoms with Crippen molar-refractivity contribution in [1.29, 1.82) is 0 Å². The predicted octanol–water partition coefficient (Wildman–Crippen LogP) is 17.0. The molecule has 0 amide bonds. The summed E-state index contributed by atoms with van der Waals surface area (Å²) < 4.78 is 39.5. The van der Waals surface area contributed by atoms with Gasteiger partial charge in [0, 0.05) is 19.3 Å². The number of allylic oxidation sites excluding steroid dienone is 18. The topological polar surface area (TPSA) is 155 Å². The Balaban J connectivity index is 4.83. The van der Waals surface area contributed by atoms with Crippen molar-refractivity contribution in [3.8, 4) is 0 Å². The first-order chi connectivity index (χ1) is 36.2. The molecule has 422 valence electrons. The van der Waals surface area contributed by atoms with Crippen LogP contribution in [0, 0.1) is 0 Å². The first-order valence-corrected chi connectivity index (χ1v) is 30.3. The first kappa shape index (κ1) is 70.1. The Labute approximate surface area is 450 Å². The van der Waals surface area contributed by atoms with Crippen LogP contribution in [0.25, 0.3) is 0 Å². The lowest BCUT2D eigenvalue weighted by Crippen LogP contribution is -2.30. The van der Waals surface area contributed by atoms with Crippen molar-refractivity contribution in [2.45, 2.75) is 238 Å². The van der Waals surface area contributed by atoms with Gasteiger partial charge in [-0.15, -0.1) is 0 Å². The van der Waals surface area contributed by atoms with E-state index in [1.807, 2.05) is 0 Å². The van der Waals surface area contributed by atoms with E-state index in [0.717, 1.165) is 141 Å². The van der Waals surface area contributed by atoms with E-state index in [2.05, 4.69) is 130 Å². The maximum absolute atomic E-state index is 12.9. The molecule has 11 nitrogen and oxygen atoms in total. The van der Waals surface area contributed by atoms with Crippen LogP contribution in [0.5, 0.6) is 0 Å². The quantitative estimate of drug-likeness (QED) is 0.0197. The molecule has 0 aliphatic rings. The summed E-state index contributed by atoms with van der Waals surface area (Å²) >= 11 is 0. The molecule has 0 aromatic carbocycles. The number of unbranched alkanes of at least 4 members (excludes halogenated alkanes) is 17. The summed E-state index contributed by atoms with van der Waals surface area (Å²) in [6, 6.07) is 0. The van der Waals surface area contributed by atoms with Crippen molar-refractivity contribution < 1.29 is 52.2 Å². The average Bonchev–Trinajstić information content (AvgIpc) is 3.39. The number of carbonyl (C=O) groups excluding carboxylic acids is 3. The number of phosphoric ester groups is 1. The van der Waals surface area contributed by atoms with E-state index in [1.165, 1.54) is 25.7 Å². The molecular weight excluding hydrogens is 952 g/mol. The van der Waals surface area contributed by atoms with Crippen LogP contribution < -0.4 is 0 Å². The molecule has 0 spiro atoms. The zero-order valence-corrected chi connectivity index (χ0v) is 47.4. The molecule has 0 radical (unpaired) electrons. The number of esters is 3. The van der Waals surface area contributed by atoms with E-state index in [4.69, 9.17) is 23.3 Å². The smallest absolute Gasteiger partial charge is 0.462 e. The lowest BCUT2D eigenvalue weighted by Gasteiger charge is -2.21. The number of ether oxygens (including phenoxy) is 3. The van der Waals surface area contributed by atoms with Gasteiger partial charge in [0.05, 0.1) is 19.8 Å². The van der Waals surface area contributed by atoms with Crippen molar-refractivity contribution in [3.63, 3.8) is 0 Å². The fourth-order valence-corrected chi connectivity index (χ4v) is 8.10. The summed E-state index contributed by atoms with van der Waals surface area (Å²) in [6.07, 6.45) is 66.2. The zero-order chi connectivity index (χ0) is 54.1. The van der Waals surface area contributed by atoms with E-state index >= 15 is 0 Å². The van der Waals surface area contributed by atoms with Gasteiger partial charge in [0.2, 0.25) is 0 Å². The summed E-state index contributed by atoms with van der Waals surface area (Å²) in [4.78, 5) is 48.5. The van der Waals surface area contributed by atoms with Crippen LogP contribution in [0.15, 0.2) is 109 Å². The summed E-state index contributed by atoms with van der Waals surface area (Å²) in [7, 11) is -4.77. The highest BCUT2D eigenvalue weighted by molar-refractivity contribution is 7.47. The minimum atomic E-state index is -4.77. The lowest BCUT2D eigenvalue weighted by atomic mass is 10.1. The Morgan fingerprint density at radius 1 is 0.392 bits per heavy atom. The third-order valence-electron chi connectivity index (χ3n) is 11.7. The molecule has 0 saturated carbocycles. The molecule has 0 bridgehead atoms. The Morgan fingerprint density at radius 3 is 1.11 bits per heavy atom. The number of hydrogen-bond acceptors (Lipinski definition) is 10. The Morgan fingerprint density at radius 2 is 0.703 bits per heavy atom. The van der Waals surface area contributed by atoms with Crippen molar-refractivity contribution in [3.05, 3.63) is 109 Å². The molecule has 0 aliphatic carbocycles. The summed E-state index contributed by atoms with van der Waals surface area (Å²) in [6.45, 7) is 4.31. The molecule has 0 rings (SSSR count). The highest BCUT2D eigenvalue weighted by Crippen LogP contribution is 2.43. The van der Waals surface area contributed by atoms with Gasteiger partial charge >= 0.3 is 25.7 Å². The Bertz CT molecular complexity index is 1660. The van der Waals surface area contributed by atoms with Gasteiger partial charge in [0.25, 0.3) is 0 Å². The Kier molecular flexibility index (Phi) is 52.5. The normalized spacial score (nSPS) is 14.2. The van der Waals surface area contributed by atoms with E-state index in [-0.39, 0.29) is 25.9 Å². The number of aliphatic hydroxyl groups is 1. The fraction of sp³-hybridized carbons (Fsp3) is 0.661. The number of carbonyl (C=O) groups is 3. The largest absolute Gasteiger partial charge is 0.472 e. The minimum absolute atomic E-state index is 0.120.